The molecule has 0 aliphatic heterocycles. The summed E-state index contributed by atoms with van der Waals surface area (Å²) in [4.78, 5) is 1.73. The van der Waals surface area contributed by atoms with Gasteiger partial charge in [0.2, 0.25) is 0 Å². The molecule has 0 bridgehead atoms. The molecule has 0 unspecified atom stereocenters. The van der Waals surface area contributed by atoms with Crippen molar-refractivity contribution in [1.82, 2.24) is 0 Å². The van der Waals surface area contributed by atoms with Gasteiger partial charge in [-0.1, -0.05) is 6.07 Å². The summed E-state index contributed by atoms with van der Waals surface area (Å²) in [5.74, 6) is 0. The van der Waals surface area contributed by atoms with Gasteiger partial charge in [0.25, 0.3) is 20.2 Å². The van der Waals surface area contributed by atoms with E-state index >= 15 is 0 Å². The Bertz CT molecular complexity index is 649. The van der Waals surface area contributed by atoms with Crippen molar-refractivity contribution >= 4 is 31.6 Å². The number of anilines is 2. The minimum absolute atomic E-state index is 0.0630. The highest BCUT2D eigenvalue weighted by Crippen LogP contribution is 2.17. The maximum absolute atomic E-state index is 11.0. The zero-order chi connectivity index (χ0) is 16.8. The normalized spacial score (nSPS) is 12.3. The van der Waals surface area contributed by atoms with Crippen LogP contribution in [0.3, 0.4) is 0 Å². The highest BCUT2D eigenvalue weighted by molar-refractivity contribution is 7.86. The van der Waals surface area contributed by atoms with Gasteiger partial charge in [-0.25, -0.2) is 0 Å². The average Bonchev–Trinajstić information content (AvgIpc) is 2.34. The summed E-state index contributed by atoms with van der Waals surface area (Å²) in [5.41, 5.74) is 6.97. The van der Waals surface area contributed by atoms with E-state index < -0.39 is 20.2 Å². The summed E-state index contributed by atoms with van der Waals surface area (Å²) in [6, 6.07) is 6.92. The molecule has 0 fully saturated rings. The van der Waals surface area contributed by atoms with Gasteiger partial charge in [-0.05, 0) is 18.2 Å². The Balaban J connectivity index is 2.72. The van der Waals surface area contributed by atoms with Gasteiger partial charge in [0, 0.05) is 24.5 Å². The second kappa shape index (κ2) is 7.77. The largest absolute Gasteiger partial charge is 0.399 e. The minimum atomic E-state index is -3.53. The van der Waals surface area contributed by atoms with Crippen molar-refractivity contribution in [2.75, 3.05) is 49.4 Å². The number of rotatable bonds is 9. The van der Waals surface area contributed by atoms with Gasteiger partial charge in [0.15, 0.2) is 0 Å². The lowest BCUT2D eigenvalue weighted by Crippen LogP contribution is -2.32. The maximum Gasteiger partial charge on any atom is 0.264 e. The molecule has 0 atom stereocenters. The Morgan fingerprint density at radius 3 is 1.91 bits per heavy atom. The maximum atomic E-state index is 11.0. The summed E-state index contributed by atoms with van der Waals surface area (Å²) in [7, 11) is -7.06. The highest BCUT2D eigenvalue weighted by Gasteiger charge is 2.11. The van der Waals surface area contributed by atoms with E-state index in [4.69, 9.17) is 14.1 Å². The Morgan fingerprint density at radius 2 is 1.50 bits per heavy atom. The quantitative estimate of drug-likeness (QED) is 0.489. The standard InChI is InChI=1S/C12H20N2O6S2/c1-21(15,16)19-8-6-14(7-9-20-22(2,17)18)12-5-3-4-11(13)10-12/h3-5,10H,6-9,13H2,1-2H3. The summed E-state index contributed by atoms with van der Waals surface area (Å²) < 4.78 is 53.3. The van der Waals surface area contributed by atoms with Gasteiger partial charge in [0.1, 0.15) is 0 Å². The molecule has 10 heteroatoms. The van der Waals surface area contributed by atoms with Crippen LogP contribution < -0.4 is 10.6 Å². The molecule has 8 nitrogen and oxygen atoms in total. The first kappa shape index (κ1) is 18.7. The van der Waals surface area contributed by atoms with E-state index in [-0.39, 0.29) is 26.3 Å². The van der Waals surface area contributed by atoms with Crippen LogP contribution in [0.5, 0.6) is 0 Å². The van der Waals surface area contributed by atoms with E-state index in [0.29, 0.717) is 11.4 Å². The minimum Gasteiger partial charge on any atom is -0.399 e. The van der Waals surface area contributed by atoms with E-state index in [1.807, 2.05) is 0 Å². The van der Waals surface area contributed by atoms with Crippen molar-refractivity contribution in [2.24, 2.45) is 0 Å². The van der Waals surface area contributed by atoms with Gasteiger partial charge >= 0.3 is 0 Å². The van der Waals surface area contributed by atoms with Crippen LogP contribution in [0, 0.1) is 0 Å². The van der Waals surface area contributed by atoms with Crippen molar-refractivity contribution < 1.29 is 25.2 Å². The predicted octanol–water partition coefficient (Wildman–Crippen LogP) is 0.0276. The fourth-order valence-electron chi connectivity index (χ4n) is 1.69. The summed E-state index contributed by atoms with van der Waals surface area (Å²) in [6.07, 6.45) is 1.93. The second-order valence-electron chi connectivity index (χ2n) is 4.63. The van der Waals surface area contributed by atoms with E-state index in [1.54, 1.807) is 29.2 Å². The van der Waals surface area contributed by atoms with E-state index in [1.165, 1.54) is 0 Å². The Labute approximate surface area is 131 Å². The average molecular weight is 352 g/mol. The molecule has 2 N–H and O–H groups in total. The third-order valence-corrected chi connectivity index (χ3v) is 3.74. The molecule has 0 amide bonds. The van der Waals surface area contributed by atoms with Crippen LogP contribution in [0.25, 0.3) is 0 Å². The van der Waals surface area contributed by atoms with Gasteiger partial charge in [0.05, 0.1) is 25.7 Å². The van der Waals surface area contributed by atoms with Crippen molar-refractivity contribution in [3.8, 4) is 0 Å². The Morgan fingerprint density at radius 1 is 1.00 bits per heavy atom. The molecule has 1 aromatic rings. The summed E-state index contributed by atoms with van der Waals surface area (Å²) in [5, 5.41) is 0. The number of nitrogen functional groups attached to an aromatic ring is 1. The zero-order valence-electron chi connectivity index (χ0n) is 12.4. The van der Waals surface area contributed by atoms with E-state index in [9.17, 15) is 16.8 Å². The first-order valence-corrected chi connectivity index (χ1v) is 9.99. The van der Waals surface area contributed by atoms with Crippen LogP contribution in [-0.4, -0.2) is 55.7 Å². The molecular formula is C12H20N2O6S2. The molecule has 1 aromatic carbocycles. The van der Waals surface area contributed by atoms with Crippen LogP contribution in [-0.2, 0) is 28.6 Å². The third-order valence-electron chi connectivity index (χ3n) is 2.55. The molecule has 0 aliphatic rings. The lowest BCUT2D eigenvalue weighted by molar-refractivity contribution is 0.309. The van der Waals surface area contributed by atoms with Crippen molar-refractivity contribution in [2.45, 2.75) is 0 Å². The van der Waals surface area contributed by atoms with Crippen molar-refractivity contribution in [3.63, 3.8) is 0 Å². The second-order valence-corrected chi connectivity index (χ2v) is 7.92. The fraction of sp³-hybridized carbons (Fsp3) is 0.500. The fourth-order valence-corrected chi connectivity index (χ4v) is 2.44. The number of nitrogens with two attached hydrogens (primary N) is 1. The van der Waals surface area contributed by atoms with E-state index in [2.05, 4.69) is 0 Å². The zero-order valence-corrected chi connectivity index (χ0v) is 14.1. The highest BCUT2D eigenvalue weighted by atomic mass is 32.2. The molecule has 0 saturated heterocycles. The number of hydrogen-bond acceptors (Lipinski definition) is 8. The molecule has 0 saturated carbocycles. The van der Waals surface area contributed by atoms with Crippen LogP contribution in [0.1, 0.15) is 0 Å². The summed E-state index contributed by atoms with van der Waals surface area (Å²) >= 11 is 0. The lowest BCUT2D eigenvalue weighted by Gasteiger charge is -2.24. The monoisotopic (exact) mass is 352 g/mol. The molecular weight excluding hydrogens is 332 g/mol. The Kier molecular flexibility index (Phi) is 6.60. The molecule has 0 aliphatic carbocycles. The van der Waals surface area contributed by atoms with Gasteiger partial charge in [-0.2, -0.15) is 16.8 Å². The van der Waals surface area contributed by atoms with Gasteiger partial charge in [-0.15, -0.1) is 0 Å². The van der Waals surface area contributed by atoms with Gasteiger partial charge in [-0.3, -0.25) is 8.37 Å². The molecule has 126 valence electrons. The van der Waals surface area contributed by atoms with Crippen LogP contribution >= 0.6 is 0 Å². The van der Waals surface area contributed by atoms with Gasteiger partial charge < -0.3 is 10.6 Å². The number of hydrogen-bond donors (Lipinski definition) is 1. The van der Waals surface area contributed by atoms with E-state index in [0.717, 1.165) is 12.5 Å². The van der Waals surface area contributed by atoms with Crippen LogP contribution in [0.15, 0.2) is 24.3 Å². The van der Waals surface area contributed by atoms with Crippen LogP contribution in [0.4, 0.5) is 11.4 Å². The molecule has 22 heavy (non-hydrogen) atoms. The molecule has 0 heterocycles. The molecule has 0 aromatic heterocycles. The molecule has 0 spiro atoms. The topological polar surface area (TPSA) is 116 Å². The van der Waals surface area contributed by atoms with Crippen molar-refractivity contribution in [1.29, 1.82) is 0 Å². The molecule has 0 radical (unpaired) electrons. The number of nitrogens with zero attached hydrogens (tertiary/aromatic N) is 1. The SMILES string of the molecule is CS(=O)(=O)OCCN(CCOS(C)(=O)=O)c1cccc(N)c1. The van der Waals surface area contributed by atoms with Crippen LogP contribution in [0.2, 0.25) is 0 Å². The third kappa shape index (κ3) is 8.17. The lowest BCUT2D eigenvalue weighted by atomic mass is 10.2. The number of benzene rings is 1. The predicted molar refractivity (Wildman–Crippen MR) is 84.7 cm³/mol. The first-order valence-electron chi connectivity index (χ1n) is 6.36. The first-order chi connectivity index (χ1) is 10.1. The summed E-state index contributed by atoms with van der Waals surface area (Å²) in [6.45, 7) is 0.353. The van der Waals surface area contributed by atoms with Crippen molar-refractivity contribution in [3.05, 3.63) is 24.3 Å². The smallest absolute Gasteiger partial charge is 0.264 e. The Hall–Kier alpha value is -1.36. The molecule has 1 rings (SSSR count).